The molecule has 0 fully saturated rings. The third-order valence-electron chi connectivity index (χ3n) is 2.39. The Kier molecular flexibility index (Phi) is 4.08. The largest absolute Gasteiger partial charge is 0.271 e. The Balaban J connectivity index is 2.49. The van der Waals surface area contributed by atoms with Gasteiger partial charge in [-0.2, -0.15) is 0 Å². The van der Waals surface area contributed by atoms with Crippen LogP contribution in [-0.2, 0) is 0 Å². The highest BCUT2D eigenvalue weighted by Crippen LogP contribution is 2.28. The van der Waals surface area contributed by atoms with Gasteiger partial charge in [0.2, 0.25) is 0 Å². The number of aromatic nitrogens is 2. The van der Waals surface area contributed by atoms with Gasteiger partial charge in [-0.3, -0.25) is 15.8 Å². The monoisotopic (exact) mass is 286 g/mol. The number of nitrogens with two attached hydrogens (primary N) is 1. The van der Waals surface area contributed by atoms with Crippen molar-refractivity contribution in [3.05, 3.63) is 57.8 Å². The number of halogens is 3. The Hall–Kier alpha value is -1.27. The van der Waals surface area contributed by atoms with Gasteiger partial charge >= 0.3 is 0 Å². The van der Waals surface area contributed by atoms with Crippen molar-refractivity contribution >= 4 is 23.2 Å². The second kappa shape index (κ2) is 5.58. The molecule has 4 nitrogen and oxygen atoms in total. The molecule has 0 aromatic carbocycles. The van der Waals surface area contributed by atoms with Gasteiger partial charge in [-0.1, -0.05) is 23.2 Å². The summed E-state index contributed by atoms with van der Waals surface area (Å²) in [4.78, 5) is 7.75. The summed E-state index contributed by atoms with van der Waals surface area (Å²) in [5.41, 5.74) is 3.18. The van der Waals surface area contributed by atoms with E-state index >= 15 is 0 Å². The molecule has 1 atom stereocenters. The lowest BCUT2D eigenvalue weighted by molar-refractivity contribution is 0.549. The van der Waals surface area contributed by atoms with Gasteiger partial charge in [0.15, 0.2) is 0 Å². The molecule has 0 bridgehead atoms. The maximum absolute atomic E-state index is 13.7. The van der Waals surface area contributed by atoms with Crippen LogP contribution >= 0.6 is 23.2 Å². The molecule has 0 amide bonds. The second-order valence-corrected chi connectivity index (χ2v) is 4.36. The number of rotatable bonds is 3. The van der Waals surface area contributed by atoms with Gasteiger partial charge < -0.3 is 0 Å². The molecule has 2 heterocycles. The molecule has 0 aliphatic heterocycles. The van der Waals surface area contributed by atoms with Crippen molar-refractivity contribution in [2.45, 2.75) is 6.04 Å². The molecule has 2 aromatic rings. The first-order chi connectivity index (χ1) is 8.63. The second-order valence-electron chi connectivity index (χ2n) is 3.52. The van der Waals surface area contributed by atoms with Gasteiger partial charge in [0.25, 0.3) is 0 Å². The van der Waals surface area contributed by atoms with E-state index in [1.807, 2.05) is 0 Å². The van der Waals surface area contributed by atoms with E-state index in [0.717, 1.165) is 6.20 Å². The number of hydrogen-bond acceptors (Lipinski definition) is 4. The highest BCUT2D eigenvalue weighted by atomic mass is 35.5. The van der Waals surface area contributed by atoms with Crippen LogP contribution in [0.25, 0.3) is 0 Å². The Morgan fingerprint density at radius 2 is 2.11 bits per heavy atom. The third kappa shape index (κ3) is 2.59. The first-order valence-corrected chi connectivity index (χ1v) is 5.75. The molecule has 7 heteroatoms. The van der Waals surface area contributed by atoms with Crippen molar-refractivity contribution < 1.29 is 4.39 Å². The van der Waals surface area contributed by atoms with Gasteiger partial charge in [0.1, 0.15) is 5.82 Å². The first-order valence-electron chi connectivity index (χ1n) is 5.00. The molecule has 0 aliphatic carbocycles. The van der Waals surface area contributed by atoms with Crippen LogP contribution < -0.4 is 11.3 Å². The van der Waals surface area contributed by atoms with E-state index in [-0.39, 0.29) is 0 Å². The molecule has 0 spiro atoms. The molecule has 0 radical (unpaired) electrons. The lowest BCUT2D eigenvalue weighted by Gasteiger charge is -2.17. The Labute approximate surface area is 113 Å². The molecule has 1 unspecified atom stereocenters. The van der Waals surface area contributed by atoms with Crippen molar-refractivity contribution in [1.29, 1.82) is 0 Å². The van der Waals surface area contributed by atoms with Crippen LogP contribution in [0.15, 0.2) is 30.7 Å². The molecule has 2 rings (SSSR count). The predicted molar refractivity (Wildman–Crippen MR) is 67.6 cm³/mol. The van der Waals surface area contributed by atoms with Crippen LogP contribution in [0.2, 0.25) is 10.0 Å². The topological polar surface area (TPSA) is 63.8 Å². The van der Waals surface area contributed by atoms with Crippen LogP contribution in [0, 0.1) is 5.82 Å². The minimum absolute atomic E-state index is 0.307. The fourth-order valence-corrected chi connectivity index (χ4v) is 2.06. The van der Waals surface area contributed by atoms with Gasteiger partial charge in [0.05, 0.1) is 28.0 Å². The molecular formula is C11H9Cl2FN4. The standard InChI is InChI=1S/C11H9Cl2FN4/c12-6-3-8(13)11(17-4-6)10(18-15)7-1-2-16-5-9(7)14/h1-5,10,18H,15H2. The van der Waals surface area contributed by atoms with Crippen LogP contribution in [0.3, 0.4) is 0 Å². The van der Waals surface area contributed by atoms with Crippen molar-refractivity contribution in [2.24, 2.45) is 5.84 Å². The predicted octanol–water partition coefficient (Wildman–Crippen LogP) is 2.48. The summed E-state index contributed by atoms with van der Waals surface area (Å²) in [6.07, 6.45) is 3.99. The van der Waals surface area contributed by atoms with Crippen LogP contribution in [0.1, 0.15) is 17.3 Å². The van der Waals surface area contributed by atoms with Crippen LogP contribution in [0.5, 0.6) is 0 Å². The summed E-state index contributed by atoms with van der Waals surface area (Å²) in [5.74, 6) is 4.95. The van der Waals surface area contributed by atoms with Crippen LogP contribution in [-0.4, -0.2) is 9.97 Å². The van der Waals surface area contributed by atoms with Crippen molar-refractivity contribution in [3.63, 3.8) is 0 Å². The zero-order chi connectivity index (χ0) is 13.1. The quantitative estimate of drug-likeness (QED) is 0.672. The molecule has 0 saturated heterocycles. The van der Waals surface area contributed by atoms with Gasteiger partial charge in [0, 0.05) is 18.0 Å². The van der Waals surface area contributed by atoms with Crippen molar-refractivity contribution in [3.8, 4) is 0 Å². The normalized spacial score (nSPS) is 12.4. The zero-order valence-electron chi connectivity index (χ0n) is 9.07. The number of hydrazine groups is 1. The maximum atomic E-state index is 13.7. The Morgan fingerprint density at radius 1 is 1.33 bits per heavy atom. The zero-order valence-corrected chi connectivity index (χ0v) is 10.6. The molecular weight excluding hydrogens is 278 g/mol. The summed E-state index contributed by atoms with van der Waals surface area (Å²) in [6, 6.07) is 2.36. The smallest absolute Gasteiger partial charge is 0.146 e. The van der Waals surface area contributed by atoms with Gasteiger partial charge in [-0.15, -0.1) is 0 Å². The van der Waals surface area contributed by atoms with E-state index < -0.39 is 11.9 Å². The highest BCUT2D eigenvalue weighted by molar-refractivity contribution is 6.34. The van der Waals surface area contributed by atoms with E-state index in [1.165, 1.54) is 24.5 Å². The SMILES string of the molecule is NNC(c1ccncc1F)c1ncc(Cl)cc1Cl. The number of pyridine rings is 2. The number of nitrogens with zero attached hydrogens (tertiary/aromatic N) is 2. The fraction of sp³-hybridized carbons (Fsp3) is 0.0909. The molecule has 18 heavy (non-hydrogen) atoms. The fourth-order valence-electron chi connectivity index (χ4n) is 1.57. The van der Waals surface area contributed by atoms with Crippen molar-refractivity contribution in [2.75, 3.05) is 0 Å². The molecule has 94 valence electrons. The van der Waals surface area contributed by atoms with E-state index in [9.17, 15) is 4.39 Å². The third-order valence-corrected chi connectivity index (χ3v) is 2.90. The molecule has 2 aromatic heterocycles. The minimum atomic E-state index is -0.669. The summed E-state index contributed by atoms with van der Waals surface area (Å²) in [5, 5.41) is 0.705. The van der Waals surface area contributed by atoms with E-state index in [1.54, 1.807) is 0 Å². The average molecular weight is 287 g/mol. The number of hydrogen-bond donors (Lipinski definition) is 2. The minimum Gasteiger partial charge on any atom is -0.271 e. The van der Waals surface area contributed by atoms with E-state index in [4.69, 9.17) is 29.0 Å². The summed E-state index contributed by atoms with van der Waals surface area (Å²) >= 11 is 11.8. The average Bonchev–Trinajstić information content (AvgIpc) is 2.34. The summed E-state index contributed by atoms with van der Waals surface area (Å²) in [6.45, 7) is 0. The Bertz CT molecular complexity index is 564. The first kappa shape index (κ1) is 13.2. The van der Waals surface area contributed by atoms with Crippen LogP contribution in [0.4, 0.5) is 4.39 Å². The van der Waals surface area contributed by atoms with Gasteiger partial charge in [-0.25, -0.2) is 9.82 Å². The van der Waals surface area contributed by atoms with E-state index in [2.05, 4.69) is 15.4 Å². The molecule has 0 aliphatic rings. The van der Waals surface area contributed by atoms with Crippen molar-refractivity contribution in [1.82, 2.24) is 15.4 Å². The number of nitrogens with one attached hydrogen (secondary N) is 1. The lowest BCUT2D eigenvalue weighted by atomic mass is 10.0. The van der Waals surface area contributed by atoms with Gasteiger partial charge in [-0.05, 0) is 12.1 Å². The highest BCUT2D eigenvalue weighted by Gasteiger charge is 2.20. The maximum Gasteiger partial charge on any atom is 0.146 e. The van der Waals surface area contributed by atoms with E-state index in [0.29, 0.717) is 21.3 Å². The molecule has 3 N–H and O–H groups in total. The summed E-state index contributed by atoms with van der Waals surface area (Å²) < 4.78 is 13.7. The lowest BCUT2D eigenvalue weighted by Crippen LogP contribution is -2.30. The molecule has 0 saturated carbocycles. The Morgan fingerprint density at radius 3 is 2.72 bits per heavy atom. The summed E-state index contributed by atoms with van der Waals surface area (Å²) in [7, 11) is 0.